The number of rotatable bonds is 6. The van der Waals surface area contributed by atoms with Crippen LogP contribution < -0.4 is 20.3 Å². The molecule has 0 heterocycles. The second-order valence-electron chi connectivity index (χ2n) is 6.11. The fourth-order valence-corrected chi connectivity index (χ4v) is 2.79. The van der Waals surface area contributed by atoms with Gasteiger partial charge in [0.05, 0.1) is 27.7 Å². The van der Waals surface area contributed by atoms with Crippen LogP contribution in [-0.4, -0.2) is 32.9 Å². The lowest BCUT2D eigenvalue weighted by molar-refractivity contribution is -0.890. The number of hydrogen-bond donors (Lipinski definition) is 3. The van der Waals surface area contributed by atoms with Crippen LogP contribution in [-0.2, 0) is 0 Å². The van der Waals surface area contributed by atoms with Gasteiger partial charge in [-0.05, 0) is 61.1 Å². The number of hydrogen-bond acceptors (Lipinski definition) is 2. The summed E-state index contributed by atoms with van der Waals surface area (Å²) in [6.07, 6.45) is 0. The number of aryl methyl sites for hydroxylation is 1. The van der Waals surface area contributed by atoms with E-state index in [1.807, 2.05) is 24.3 Å². The zero-order valence-electron chi connectivity index (χ0n) is 14.7. The van der Waals surface area contributed by atoms with Crippen LogP contribution in [0.4, 0.5) is 5.69 Å². The van der Waals surface area contributed by atoms with Crippen molar-refractivity contribution in [2.24, 2.45) is 0 Å². The molecule has 0 fully saturated rings. The lowest BCUT2D eigenvalue weighted by Crippen LogP contribution is -3.07. The van der Waals surface area contributed by atoms with Crippen LogP contribution in [0, 0.1) is 6.92 Å². The summed E-state index contributed by atoms with van der Waals surface area (Å²) in [4.78, 5) is 1.34. The first-order valence-electron chi connectivity index (χ1n) is 8.05. The number of methoxy groups -OCH3 is 1. The highest BCUT2D eigenvalue weighted by Gasteiger charge is 2.18. The van der Waals surface area contributed by atoms with E-state index in [4.69, 9.17) is 17.0 Å². The minimum atomic E-state index is 0.299. The molecule has 24 heavy (non-hydrogen) atoms. The Morgan fingerprint density at radius 3 is 2.46 bits per heavy atom. The van der Waals surface area contributed by atoms with E-state index in [1.165, 1.54) is 16.0 Å². The van der Waals surface area contributed by atoms with Gasteiger partial charge in [-0.15, -0.1) is 0 Å². The van der Waals surface area contributed by atoms with Crippen molar-refractivity contribution in [3.05, 3.63) is 59.7 Å². The Morgan fingerprint density at radius 2 is 1.88 bits per heavy atom. The molecule has 2 aromatic carbocycles. The Kier molecular flexibility index (Phi) is 6.58. The monoisotopic (exact) mass is 344 g/mol. The molecule has 4 nitrogen and oxygen atoms in total. The van der Waals surface area contributed by atoms with Gasteiger partial charge in [-0.2, -0.15) is 0 Å². The van der Waals surface area contributed by atoms with Crippen molar-refractivity contribution in [1.29, 1.82) is 0 Å². The van der Waals surface area contributed by atoms with Crippen molar-refractivity contribution < 1.29 is 9.64 Å². The number of benzene rings is 2. The summed E-state index contributed by atoms with van der Waals surface area (Å²) in [5, 5.41) is 7.20. The number of ether oxygens (including phenoxy) is 1. The molecule has 0 unspecified atom stereocenters. The topological polar surface area (TPSA) is 37.7 Å². The van der Waals surface area contributed by atoms with Gasteiger partial charge in [0.15, 0.2) is 5.11 Å². The third-order valence-electron chi connectivity index (χ3n) is 3.96. The standard InChI is InChI=1S/C19H25N3OS/c1-14-6-5-7-16(12-14)21-19(24)20-13-18(22(2)3)15-8-10-17(23-4)11-9-15/h5-12,18H,13H2,1-4H3,(H2,20,21,24)/p+1/t18-/m0/s1. The van der Waals surface area contributed by atoms with Gasteiger partial charge >= 0.3 is 0 Å². The predicted molar refractivity (Wildman–Crippen MR) is 104 cm³/mol. The lowest BCUT2D eigenvalue weighted by Gasteiger charge is -2.23. The van der Waals surface area contributed by atoms with Gasteiger partial charge in [0.25, 0.3) is 0 Å². The van der Waals surface area contributed by atoms with Crippen LogP contribution in [0.3, 0.4) is 0 Å². The summed E-state index contributed by atoms with van der Waals surface area (Å²) in [6.45, 7) is 2.82. The molecule has 0 aromatic heterocycles. The van der Waals surface area contributed by atoms with Crippen LogP contribution in [0.1, 0.15) is 17.2 Å². The molecule has 1 atom stereocenters. The molecule has 0 spiro atoms. The third-order valence-corrected chi connectivity index (χ3v) is 4.20. The minimum absolute atomic E-state index is 0.299. The van der Waals surface area contributed by atoms with Crippen LogP contribution in [0.25, 0.3) is 0 Å². The van der Waals surface area contributed by atoms with Crippen LogP contribution in [0.5, 0.6) is 5.75 Å². The minimum Gasteiger partial charge on any atom is -0.497 e. The first-order valence-corrected chi connectivity index (χ1v) is 8.46. The molecule has 2 aromatic rings. The van der Waals surface area contributed by atoms with Crippen LogP contribution in [0.2, 0.25) is 0 Å². The van der Waals surface area contributed by atoms with Gasteiger partial charge in [0.1, 0.15) is 11.8 Å². The lowest BCUT2D eigenvalue weighted by atomic mass is 10.1. The molecule has 0 saturated heterocycles. The highest BCUT2D eigenvalue weighted by Crippen LogP contribution is 2.15. The summed E-state index contributed by atoms with van der Waals surface area (Å²) in [5.41, 5.74) is 3.46. The van der Waals surface area contributed by atoms with E-state index in [0.717, 1.165) is 18.0 Å². The number of anilines is 1. The van der Waals surface area contributed by atoms with Gasteiger partial charge in [-0.1, -0.05) is 12.1 Å². The zero-order valence-corrected chi connectivity index (χ0v) is 15.5. The van der Waals surface area contributed by atoms with Gasteiger partial charge in [0, 0.05) is 11.3 Å². The molecule has 3 N–H and O–H groups in total. The van der Waals surface area contributed by atoms with Gasteiger partial charge in [-0.3, -0.25) is 0 Å². The third kappa shape index (κ3) is 5.22. The maximum atomic E-state index is 5.42. The fourth-order valence-electron chi connectivity index (χ4n) is 2.58. The summed E-state index contributed by atoms with van der Waals surface area (Å²) in [5.74, 6) is 0.871. The molecule has 0 amide bonds. The Labute approximate surface area is 149 Å². The molecular formula is C19H26N3OS+. The smallest absolute Gasteiger partial charge is 0.171 e. The van der Waals surface area contributed by atoms with Crippen molar-refractivity contribution >= 4 is 23.0 Å². The zero-order chi connectivity index (χ0) is 17.5. The molecule has 0 bridgehead atoms. The van der Waals surface area contributed by atoms with Crippen molar-refractivity contribution in [3.63, 3.8) is 0 Å². The SMILES string of the molecule is COc1ccc([C@H](CNC(=S)Nc2cccc(C)c2)[NH+](C)C)cc1. The summed E-state index contributed by atoms with van der Waals surface area (Å²) >= 11 is 5.42. The Hall–Kier alpha value is -2.11. The Balaban J connectivity index is 1.96. The van der Waals surface area contributed by atoms with Gasteiger partial charge < -0.3 is 20.3 Å². The van der Waals surface area contributed by atoms with Crippen LogP contribution in [0.15, 0.2) is 48.5 Å². The molecule has 0 aliphatic heterocycles. The van der Waals surface area contributed by atoms with Gasteiger partial charge in [0.2, 0.25) is 0 Å². The predicted octanol–water partition coefficient (Wildman–Crippen LogP) is 2.18. The first-order chi connectivity index (χ1) is 11.5. The molecule has 0 aliphatic rings. The van der Waals surface area contributed by atoms with E-state index in [0.29, 0.717) is 11.2 Å². The van der Waals surface area contributed by atoms with Crippen molar-refractivity contribution in [1.82, 2.24) is 5.32 Å². The number of nitrogens with one attached hydrogen (secondary N) is 3. The Morgan fingerprint density at radius 1 is 1.17 bits per heavy atom. The number of likely N-dealkylation sites (N-methyl/N-ethyl adjacent to an activating group) is 1. The average Bonchev–Trinajstić information content (AvgIpc) is 2.55. The summed E-state index contributed by atoms with van der Waals surface area (Å²) in [6, 6.07) is 16.7. The van der Waals surface area contributed by atoms with Crippen molar-refractivity contribution in [2.45, 2.75) is 13.0 Å². The number of thiocarbonyl (C=S) groups is 1. The van der Waals surface area contributed by atoms with Crippen molar-refractivity contribution in [3.8, 4) is 5.75 Å². The first kappa shape index (κ1) is 18.2. The average molecular weight is 345 g/mol. The van der Waals surface area contributed by atoms with Crippen LogP contribution >= 0.6 is 12.2 Å². The van der Waals surface area contributed by atoms with E-state index >= 15 is 0 Å². The largest absolute Gasteiger partial charge is 0.497 e. The van der Waals surface area contributed by atoms with E-state index in [1.54, 1.807) is 7.11 Å². The highest BCUT2D eigenvalue weighted by molar-refractivity contribution is 7.80. The molecular weight excluding hydrogens is 318 g/mol. The summed E-state index contributed by atoms with van der Waals surface area (Å²) in [7, 11) is 5.97. The second-order valence-corrected chi connectivity index (χ2v) is 6.52. The van der Waals surface area contributed by atoms with E-state index in [9.17, 15) is 0 Å². The maximum absolute atomic E-state index is 5.42. The number of quaternary nitrogens is 1. The molecule has 2 rings (SSSR count). The molecule has 5 heteroatoms. The van der Waals surface area contributed by atoms with Gasteiger partial charge in [-0.25, -0.2) is 0 Å². The molecule has 0 radical (unpaired) electrons. The van der Waals surface area contributed by atoms with E-state index in [2.05, 4.69) is 55.9 Å². The highest BCUT2D eigenvalue weighted by atomic mass is 32.1. The fraction of sp³-hybridized carbons (Fsp3) is 0.316. The maximum Gasteiger partial charge on any atom is 0.171 e. The normalized spacial score (nSPS) is 11.9. The molecule has 0 aliphatic carbocycles. The van der Waals surface area contributed by atoms with E-state index in [-0.39, 0.29) is 0 Å². The van der Waals surface area contributed by atoms with Crippen molar-refractivity contribution in [2.75, 3.05) is 33.1 Å². The quantitative estimate of drug-likeness (QED) is 0.702. The Bertz CT molecular complexity index is 671. The second kappa shape index (κ2) is 8.66. The van der Waals surface area contributed by atoms with E-state index < -0.39 is 0 Å². The molecule has 128 valence electrons. The summed E-state index contributed by atoms with van der Waals surface area (Å²) < 4.78 is 5.23. The molecule has 0 saturated carbocycles.